The van der Waals surface area contributed by atoms with Gasteiger partial charge >= 0.3 is 0 Å². The Labute approximate surface area is 141 Å². The van der Waals surface area contributed by atoms with Crippen molar-refractivity contribution < 1.29 is 4.74 Å². The average Bonchev–Trinajstić information content (AvgIpc) is 2.44. The summed E-state index contributed by atoms with van der Waals surface area (Å²) < 4.78 is 5.50. The van der Waals surface area contributed by atoms with Gasteiger partial charge in [0.2, 0.25) is 4.38 Å². The topological polar surface area (TPSA) is 33.0 Å². The zero-order valence-corrected chi connectivity index (χ0v) is 15.6. The number of nitriles is 1. The van der Waals surface area contributed by atoms with Gasteiger partial charge in [-0.2, -0.15) is 5.26 Å². The third-order valence-corrected chi connectivity index (χ3v) is 4.58. The van der Waals surface area contributed by atoms with Gasteiger partial charge in [0.25, 0.3) is 0 Å². The molecular weight excluding hydrogens is 298 g/mol. The number of rotatable bonds is 12. The van der Waals surface area contributed by atoms with Crippen molar-refractivity contribution in [1.82, 2.24) is 0 Å². The molecule has 122 valence electrons. The van der Waals surface area contributed by atoms with Gasteiger partial charge < -0.3 is 4.74 Å². The highest BCUT2D eigenvalue weighted by molar-refractivity contribution is 8.23. The molecule has 0 amide bonds. The van der Waals surface area contributed by atoms with Crippen molar-refractivity contribution in [1.29, 1.82) is 5.26 Å². The van der Waals surface area contributed by atoms with Crippen LogP contribution >= 0.6 is 24.0 Å². The van der Waals surface area contributed by atoms with E-state index in [1.165, 1.54) is 69.5 Å². The van der Waals surface area contributed by atoms with Crippen molar-refractivity contribution in [2.45, 2.75) is 89.7 Å². The SMILES string of the molecule is CCCCCCCCCCCCOC(=S)SC(C)(C)C#N. The lowest BCUT2D eigenvalue weighted by atomic mass is 10.1. The van der Waals surface area contributed by atoms with Crippen LogP contribution in [0.2, 0.25) is 0 Å². The smallest absolute Gasteiger partial charge is 0.221 e. The van der Waals surface area contributed by atoms with Crippen molar-refractivity contribution >= 4 is 28.4 Å². The van der Waals surface area contributed by atoms with E-state index in [1.807, 2.05) is 13.8 Å². The molecule has 0 atom stereocenters. The highest BCUT2D eigenvalue weighted by Gasteiger charge is 2.20. The standard InChI is InChI=1S/C17H31NOS2/c1-4-5-6-7-8-9-10-11-12-13-14-19-16(20)21-17(2,3)15-18/h4-14H2,1-3H3. The number of hydrogen-bond donors (Lipinski definition) is 0. The van der Waals surface area contributed by atoms with Crippen molar-refractivity contribution in [3.05, 3.63) is 0 Å². The van der Waals surface area contributed by atoms with E-state index in [9.17, 15) is 0 Å². The van der Waals surface area contributed by atoms with Gasteiger partial charge in [-0.3, -0.25) is 0 Å². The molecule has 4 heteroatoms. The first-order valence-corrected chi connectivity index (χ1v) is 9.51. The molecular formula is C17H31NOS2. The van der Waals surface area contributed by atoms with E-state index in [1.54, 1.807) is 0 Å². The number of thioether (sulfide) groups is 1. The lowest BCUT2D eigenvalue weighted by Gasteiger charge is -2.15. The summed E-state index contributed by atoms with van der Waals surface area (Å²) in [5.41, 5.74) is 0. The van der Waals surface area contributed by atoms with E-state index in [-0.39, 0.29) is 0 Å². The molecule has 0 spiro atoms. The predicted octanol–water partition coefficient (Wildman–Crippen LogP) is 6.24. The fourth-order valence-electron chi connectivity index (χ4n) is 2.01. The summed E-state index contributed by atoms with van der Waals surface area (Å²) in [6.07, 6.45) is 13.2. The highest BCUT2D eigenvalue weighted by atomic mass is 32.2. The summed E-state index contributed by atoms with van der Waals surface area (Å²) in [5, 5.41) is 8.92. The fraction of sp³-hybridized carbons (Fsp3) is 0.882. The van der Waals surface area contributed by atoms with Gasteiger partial charge in [0.05, 0.1) is 12.7 Å². The quantitative estimate of drug-likeness (QED) is 0.313. The maximum absolute atomic E-state index is 8.92. The Bertz CT molecular complexity index is 310. The van der Waals surface area contributed by atoms with E-state index in [0.29, 0.717) is 11.0 Å². The molecule has 0 fully saturated rings. The molecule has 0 aliphatic heterocycles. The molecule has 0 saturated carbocycles. The van der Waals surface area contributed by atoms with Gasteiger partial charge in [0.15, 0.2) is 0 Å². The summed E-state index contributed by atoms with van der Waals surface area (Å²) in [6.45, 7) is 6.65. The first-order chi connectivity index (χ1) is 10.0. The minimum atomic E-state index is -0.491. The summed E-state index contributed by atoms with van der Waals surface area (Å²) >= 11 is 6.46. The van der Waals surface area contributed by atoms with Gasteiger partial charge in [0.1, 0.15) is 4.75 Å². The molecule has 0 aromatic heterocycles. The van der Waals surface area contributed by atoms with E-state index in [2.05, 4.69) is 13.0 Å². The van der Waals surface area contributed by atoms with E-state index < -0.39 is 4.75 Å². The molecule has 2 nitrogen and oxygen atoms in total. The Hall–Kier alpha value is -0.270. The van der Waals surface area contributed by atoms with Crippen LogP contribution in [-0.4, -0.2) is 15.7 Å². The number of unbranched alkanes of at least 4 members (excludes halogenated alkanes) is 9. The second-order valence-electron chi connectivity index (χ2n) is 6.00. The van der Waals surface area contributed by atoms with E-state index in [4.69, 9.17) is 22.2 Å². The molecule has 0 aromatic rings. The largest absolute Gasteiger partial charge is 0.479 e. The van der Waals surface area contributed by atoms with E-state index in [0.717, 1.165) is 6.42 Å². The zero-order valence-electron chi connectivity index (χ0n) is 14.0. The molecule has 0 heterocycles. The van der Waals surface area contributed by atoms with Crippen LogP contribution in [0, 0.1) is 11.3 Å². The predicted molar refractivity (Wildman–Crippen MR) is 97.7 cm³/mol. The summed E-state index contributed by atoms with van der Waals surface area (Å²) in [7, 11) is 0. The second kappa shape index (κ2) is 13.4. The van der Waals surface area contributed by atoms with Crippen molar-refractivity contribution in [3.63, 3.8) is 0 Å². The van der Waals surface area contributed by atoms with Crippen LogP contribution in [0.5, 0.6) is 0 Å². The molecule has 0 aliphatic rings. The van der Waals surface area contributed by atoms with Crippen LogP contribution < -0.4 is 0 Å². The second-order valence-corrected chi connectivity index (χ2v) is 8.23. The Balaban J connectivity index is 3.29. The molecule has 0 bridgehead atoms. The van der Waals surface area contributed by atoms with Gasteiger partial charge in [-0.05, 0) is 32.5 Å². The molecule has 21 heavy (non-hydrogen) atoms. The van der Waals surface area contributed by atoms with Crippen LogP contribution in [0.1, 0.15) is 85.0 Å². The van der Waals surface area contributed by atoms with Gasteiger partial charge in [-0.15, -0.1) is 0 Å². The van der Waals surface area contributed by atoms with Crippen LogP contribution in [0.3, 0.4) is 0 Å². The van der Waals surface area contributed by atoms with Crippen LogP contribution in [0.4, 0.5) is 0 Å². The molecule has 0 aromatic carbocycles. The molecule has 0 rings (SSSR count). The molecule has 0 radical (unpaired) electrons. The highest BCUT2D eigenvalue weighted by Crippen LogP contribution is 2.25. The van der Waals surface area contributed by atoms with Crippen molar-refractivity contribution in [2.24, 2.45) is 0 Å². The Morgan fingerprint density at radius 1 is 1.00 bits per heavy atom. The lowest BCUT2D eigenvalue weighted by Crippen LogP contribution is -2.15. The third kappa shape index (κ3) is 14.4. The summed E-state index contributed by atoms with van der Waals surface area (Å²) in [6, 6.07) is 2.21. The van der Waals surface area contributed by atoms with Crippen molar-refractivity contribution in [2.75, 3.05) is 6.61 Å². The summed E-state index contributed by atoms with van der Waals surface area (Å²) in [4.78, 5) is 0. The third-order valence-electron chi connectivity index (χ3n) is 3.33. The minimum absolute atomic E-state index is 0.491. The molecule has 0 saturated heterocycles. The normalized spacial score (nSPS) is 11.1. The zero-order chi connectivity index (χ0) is 16.0. The molecule has 0 N–H and O–H groups in total. The fourth-order valence-corrected chi connectivity index (χ4v) is 3.32. The maximum atomic E-state index is 8.92. The Kier molecular flexibility index (Phi) is 13.2. The monoisotopic (exact) mass is 329 g/mol. The first kappa shape index (κ1) is 20.7. The van der Waals surface area contributed by atoms with Gasteiger partial charge in [0, 0.05) is 0 Å². The Morgan fingerprint density at radius 3 is 1.95 bits per heavy atom. The maximum Gasteiger partial charge on any atom is 0.221 e. The average molecular weight is 330 g/mol. The van der Waals surface area contributed by atoms with Gasteiger partial charge in [-0.25, -0.2) is 0 Å². The van der Waals surface area contributed by atoms with Crippen molar-refractivity contribution in [3.8, 4) is 6.07 Å². The number of hydrogen-bond acceptors (Lipinski definition) is 4. The van der Waals surface area contributed by atoms with E-state index >= 15 is 0 Å². The lowest BCUT2D eigenvalue weighted by molar-refractivity contribution is 0.307. The van der Waals surface area contributed by atoms with Gasteiger partial charge in [-0.1, -0.05) is 76.5 Å². The molecule has 0 unspecified atom stereocenters. The van der Waals surface area contributed by atoms with Crippen LogP contribution in [0.15, 0.2) is 0 Å². The summed E-state index contributed by atoms with van der Waals surface area (Å²) in [5.74, 6) is 0. The number of nitrogens with zero attached hydrogens (tertiary/aromatic N) is 1. The minimum Gasteiger partial charge on any atom is -0.479 e. The first-order valence-electron chi connectivity index (χ1n) is 8.29. The van der Waals surface area contributed by atoms with Crippen LogP contribution in [0.25, 0.3) is 0 Å². The van der Waals surface area contributed by atoms with Crippen LogP contribution in [-0.2, 0) is 4.74 Å². The molecule has 0 aliphatic carbocycles. The Morgan fingerprint density at radius 2 is 1.48 bits per heavy atom. The number of thiocarbonyl (C=S) groups is 1. The number of ether oxygens (including phenoxy) is 1.